The highest BCUT2D eigenvalue weighted by Gasteiger charge is 1.59. The van der Waals surface area contributed by atoms with Gasteiger partial charge in [0.1, 0.15) is 0 Å². The number of hydrogen-bond donors (Lipinski definition) is 1. The smallest absolute Gasteiger partial charge is 0.0548 e. The third kappa shape index (κ3) is 3.76. The van der Waals surface area contributed by atoms with Crippen LogP contribution in [0.3, 0.4) is 0 Å². The van der Waals surface area contributed by atoms with Crippen LogP contribution in [0.15, 0.2) is 11.5 Å². The molecule has 0 saturated carbocycles. The van der Waals surface area contributed by atoms with Gasteiger partial charge in [0.25, 0.3) is 0 Å². The minimum absolute atomic E-state index is 1.29. The summed E-state index contributed by atoms with van der Waals surface area (Å²) in [5.41, 5.74) is 1.29. The Morgan fingerprint density at radius 1 is 1.67 bits per heavy atom. The zero-order chi connectivity index (χ0) is 4.83. The van der Waals surface area contributed by atoms with Crippen LogP contribution in [0.1, 0.15) is 6.92 Å². The van der Waals surface area contributed by atoms with Crippen LogP contribution in [0.4, 0.5) is 0 Å². The van der Waals surface area contributed by atoms with Crippen LogP contribution in [0, 0.1) is 5.41 Å². The third-order valence-corrected chi connectivity index (χ3v) is 0.848. The summed E-state index contributed by atoms with van der Waals surface area (Å²) in [5, 5.41) is 8.35. The maximum absolute atomic E-state index is 6.49. The van der Waals surface area contributed by atoms with Gasteiger partial charge in [-0.15, -0.1) is 0 Å². The fraction of sp³-hybridized carbons (Fsp3) is 0.250. The van der Waals surface area contributed by atoms with Crippen LogP contribution < -0.4 is 0 Å². The molecule has 0 aromatic rings. The van der Waals surface area contributed by atoms with Crippen LogP contribution in [-0.4, -0.2) is 5.55 Å². The quantitative estimate of drug-likeness (QED) is 0.416. The van der Waals surface area contributed by atoms with E-state index in [1.165, 1.54) is 17.3 Å². The van der Waals surface area contributed by atoms with Crippen molar-refractivity contribution >= 4 is 17.3 Å². The lowest BCUT2D eigenvalue weighted by molar-refractivity contribution is 1.60. The largest absolute Gasteiger partial charge is 0.302 e. The Morgan fingerprint density at radius 2 is 2.33 bits per heavy atom. The second-order valence-corrected chi connectivity index (χ2v) is 1.50. The summed E-state index contributed by atoms with van der Waals surface area (Å²) in [7, 11) is 0. The molecular formula is C4H7NS. The molecule has 0 amide bonds. The van der Waals surface area contributed by atoms with E-state index in [1.807, 2.05) is 18.4 Å². The first-order valence-electron chi connectivity index (χ1n) is 1.67. The molecule has 0 radical (unpaired) electrons. The van der Waals surface area contributed by atoms with E-state index in [-0.39, 0.29) is 0 Å². The molecule has 2 heteroatoms. The summed E-state index contributed by atoms with van der Waals surface area (Å²) in [6.07, 6.45) is 1.90. The van der Waals surface area contributed by atoms with E-state index in [0.29, 0.717) is 0 Å². The molecule has 1 N–H and O–H groups in total. The fourth-order valence-electron chi connectivity index (χ4n) is 0.118. The van der Waals surface area contributed by atoms with Gasteiger partial charge < -0.3 is 5.41 Å². The Morgan fingerprint density at radius 3 is 2.50 bits per heavy atom. The summed E-state index contributed by atoms with van der Waals surface area (Å²) in [6.45, 7) is 1.93. The molecule has 0 atom stereocenters. The first-order valence-corrected chi connectivity index (χ1v) is 2.61. The van der Waals surface area contributed by atoms with Crippen molar-refractivity contribution in [2.75, 3.05) is 0 Å². The number of nitrogens with one attached hydrogen (secondary N) is 1. The van der Waals surface area contributed by atoms with E-state index in [9.17, 15) is 0 Å². The van der Waals surface area contributed by atoms with Crippen LogP contribution in [-0.2, 0) is 0 Å². The summed E-state index contributed by atoms with van der Waals surface area (Å²) >= 11 is 1.37. The molecule has 0 bridgehead atoms. The maximum Gasteiger partial charge on any atom is 0.0548 e. The average Bonchev–Trinajstić information content (AvgIpc) is 1.61. The molecule has 0 fully saturated rings. The van der Waals surface area contributed by atoms with Crippen molar-refractivity contribution in [2.24, 2.45) is 0 Å². The normalized spacial score (nSPS) is 9.50. The van der Waals surface area contributed by atoms with Crippen molar-refractivity contribution in [3.63, 3.8) is 0 Å². The van der Waals surface area contributed by atoms with Crippen LogP contribution >= 0.6 is 11.8 Å². The SMILES string of the molecule is C/C=C\SC=N. The molecule has 0 aromatic carbocycles. The molecule has 1 nitrogen and oxygen atoms in total. The van der Waals surface area contributed by atoms with Gasteiger partial charge in [-0.1, -0.05) is 17.8 Å². The standard InChI is InChI=1S/C4H7NS/c1-2-3-6-4-5/h2-5H,1H3/b3-2-,5-4?. The fourth-order valence-corrected chi connectivity index (χ4v) is 0.354. The summed E-state index contributed by atoms with van der Waals surface area (Å²) in [4.78, 5) is 0. The van der Waals surface area contributed by atoms with E-state index >= 15 is 0 Å². The van der Waals surface area contributed by atoms with Crippen molar-refractivity contribution in [1.82, 2.24) is 0 Å². The minimum Gasteiger partial charge on any atom is -0.302 e. The highest BCUT2D eigenvalue weighted by atomic mass is 32.2. The van der Waals surface area contributed by atoms with Gasteiger partial charge >= 0.3 is 0 Å². The highest BCUT2D eigenvalue weighted by Crippen LogP contribution is 1.92. The number of hydrogen-bond acceptors (Lipinski definition) is 2. The third-order valence-electron chi connectivity index (χ3n) is 0.283. The summed E-state index contributed by atoms with van der Waals surface area (Å²) in [5.74, 6) is 0. The van der Waals surface area contributed by atoms with Gasteiger partial charge in [0, 0.05) is 0 Å². The topological polar surface area (TPSA) is 23.9 Å². The number of rotatable bonds is 2. The Hall–Kier alpha value is -0.240. The van der Waals surface area contributed by atoms with Gasteiger partial charge in [0.2, 0.25) is 0 Å². The molecule has 0 spiro atoms. The van der Waals surface area contributed by atoms with E-state index < -0.39 is 0 Å². The molecule has 0 aromatic heterocycles. The zero-order valence-electron chi connectivity index (χ0n) is 3.64. The lowest BCUT2D eigenvalue weighted by Crippen LogP contribution is -1.45. The van der Waals surface area contributed by atoms with Crippen LogP contribution in [0.5, 0.6) is 0 Å². The van der Waals surface area contributed by atoms with E-state index in [4.69, 9.17) is 5.41 Å². The molecule has 0 heterocycles. The van der Waals surface area contributed by atoms with E-state index in [2.05, 4.69) is 0 Å². The molecule has 6 heavy (non-hydrogen) atoms. The molecule has 34 valence electrons. The van der Waals surface area contributed by atoms with Gasteiger partial charge in [0.05, 0.1) is 5.55 Å². The van der Waals surface area contributed by atoms with Gasteiger partial charge in [-0.2, -0.15) is 0 Å². The Balaban J connectivity index is 2.85. The first kappa shape index (κ1) is 5.76. The summed E-state index contributed by atoms with van der Waals surface area (Å²) in [6, 6.07) is 0. The monoisotopic (exact) mass is 101 g/mol. The van der Waals surface area contributed by atoms with Crippen molar-refractivity contribution in [3.8, 4) is 0 Å². The van der Waals surface area contributed by atoms with Gasteiger partial charge in [-0.3, -0.25) is 0 Å². The Labute approximate surface area is 42.0 Å². The maximum atomic E-state index is 6.49. The first-order chi connectivity index (χ1) is 2.91. The van der Waals surface area contributed by atoms with Gasteiger partial charge in [0.15, 0.2) is 0 Å². The van der Waals surface area contributed by atoms with Crippen molar-refractivity contribution in [2.45, 2.75) is 6.92 Å². The van der Waals surface area contributed by atoms with Crippen LogP contribution in [0.2, 0.25) is 0 Å². The predicted molar refractivity (Wildman–Crippen MR) is 31.2 cm³/mol. The van der Waals surface area contributed by atoms with E-state index in [1.54, 1.807) is 0 Å². The molecule has 0 aliphatic carbocycles. The molecule has 0 unspecified atom stereocenters. The molecule has 0 saturated heterocycles. The second-order valence-electron chi connectivity index (χ2n) is 0.723. The average molecular weight is 101 g/mol. The zero-order valence-corrected chi connectivity index (χ0v) is 4.46. The minimum atomic E-state index is 1.29. The molecular weight excluding hydrogens is 94.1 g/mol. The molecule has 0 aliphatic heterocycles. The number of thioether (sulfide) groups is 1. The molecule has 0 aliphatic rings. The van der Waals surface area contributed by atoms with Gasteiger partial charge in [-0.05, 0) is 12.3 Å². The van der Waals surface area contributed by atoms with Gasteiger partial charge in [-0.25, -0.2) is 0 Å². The summed E-state index contributed by atoms with van der Waals surface area (Å²) < 4.78 is 0. The number of allylic oxidation sites excluding steroid dienone is 1. The van der Waals surface area contributed by atoms with Crippen molar-refractivity contribution in [1.29, 1.82) is 5.41 Å². The lowest BCUT2D eigenvalue weighted by Gasteiger charge is -1.68. The Bertz CT molecular complexity index is 58.6. The van der Waals surface area contributed by atoms with E-state index in [0.717, 1.165) is 0 Å². The van der Waals surface area contributed by atoms with Crippen molar-refractivity contribution in [3.05, 3.63) is 11.5 Å². The van der Waals surface area contributed by atoms with Crippen LogP contribution in [0.25, 0.3) is 0 Å². The highest BCUT2D eigenvalue weighted by molar-refractivity contribution is 8.14. The lowest BCUT2D eigenvalue weighted by atomic mass is 10.8. The molecule has 0 rings (SSSR count). The predicted octanol–water partition coefficient (Wildman–Crippen LogP) is 1.86. The van der Waals surface area contributed by atoms with Crippen molar-refractivity contribution < 1.29 is 0 Å². The Kier molecular flexibility index (Phi) is 4.57. The second kappa shape index (κ2) is 4.76.